The summed E-state index contributed by atoms with van der Waals surface area (Å²) >= 11 is 0. The van der Waals surface area contributed by atoms with Crippen molar-refractivity contribution in [3.63, 3.8) is 0 Å². The van der Waals surface area contributed by atoms with E-state index >= 15 is 0 Å². The van der Waals surface area contributed by atoms with Crippen LogP contribution in [0.25, 0.3) is 11.5 Å². The van der Waals surface area contributed by atoms with Gasteiger partial charge in [-0.1, -0.05) is 35.5 Å². The zero-order valence-corrected chi connectivity index (χ0v) is 11.8. The Balaban J connectivity index is 1.74. The van der Waals surface area contributed by atoms with Crippen LogP contribution >= 0.6 is 0 Å². The van der Waals surface area contributed by atoms with Gasteiger partial charge in [-0.15, -0.1) is 0 Å². The van der Waals surface area contributed by atoms with E-state index in [0.717, 1.165) is 24.0 Å². The number of rotatable bonds is 4. The van der Waals surface area contributed by atoms with Gasteiger partial charge in [-0.2, -0.15) is 4.98 Å². The normalized spacial score (nSPS) is 10.7. The fourth-order valence-electron chi connectivity index (χ4n) is 2.25. The van der Waals surface area contributed by atoms with Crippen molar-refractivity contribution in [1.82, 2.24) is 10.1 Å². The summed E-state index contributed by atoms with van der Waals surface area (Å²) < 4.78 is 5.32. The van der Waals surface area contributed by atoms with Crippen molar-refractivity contribution in [2.75, 3.05) is 0 Å². The Kier molecular flexibility index (Phi) is 3.69. The Bertz CT molecular complexity index is 736. The Morgan fingerprint density at radius 1 is 1.05 bits per heavy atom. The highest BCUT2D eigenvalue weighted by molar-refractivity contribution is 5.59. The van der Waals surface area contributed by atoms with Gasteiger partial charge in [0.1, 0.15) is 5.75 Å². The number of phenolic OH excluding ortho intramolecular Hbond substituents is 1. The van der Waals surface area contributed by atoms with Crippen molar-refractivity contribution >= 4 is 0 Å². The molecule has 3 aromatic rings. The number of aromatic nitrogens is 2. The van der Waals surface area contributed by atoms with Crippen molar-refractivity contribution in [3.05, 3.63) is 65.5 Å². The third kappa shape index (κ3) is 3.11. The molecule has 4 nitrogen and oxygen atoms in total. The molecule has 0 aliphatic carbocycles. The van der Waals surface area contributed by atoms with Crippen LogP contribution in [0.4, 0.5) is 0 Å². The monoisotopic (exact) mass is 280 g/mol. The van der Waals surface area contributed by atoms with E-state index in [1.54, 1.807) is 18.2 Å². The summed E-state index contributed by atoms with van der Waals surface area (Å²) in [7, 11) is 0. The van der Waals surface area contributed by atoms with E-state index in [4.69, 9.17) is 4.52 Å². The predicted molar refractivity (Wildman–Crippen MR) is 80.0 cm³/mol. The Morgan fingerprint density at radius 2 is 1.86 bits per heavy atom. The Morgan fingerprint density at radius 3 is 2.62 bits per heavy atom. The fourth-order valence-corrected chi connectivity index (χ4v) is 2.25. The number of hydrogen-bond acceptors (Lipinski definition) is 4. The molecule has 1 N–H and O–H groups in total. The molecule has 106 valence electrons. The molecular weight excluding hydrogens is 264 g/mol. The van der Waals surface area contributed by atoms with Gasteiger partial charge in [0.2, 0.25) is 0 Å². The molecule has 0 radical (unpaired) electrons. The van der Waals surface area contributed by atoms with Crippen LogP contribution in [0.5, 0.6) is 5.75 Å². The molecule has 0 bridgehead atoms. The van der Waals surface area contributed by atoms with Crippen LogP contribution in [0, 0.1) is 6.92 Å². The van der Waals surface area contributed by atoms with E-state index in [2.05, 4.69) is 22.3 Å². The van der Waals surface area contributed by atoms with E-state index in [0.29, 0.717) is 11.7 Å². The molecule has 4 heteroatoms. The summed E-state index contributed by atoms with van der Waals surface area (Å²) in [5, 5.41) is 13.5. The molecule has 0 atom stereocenters. The van der Waals surface area contributed by atoms with Crippen molar-refractivity contribution in [1.29, 1.82) is 0 Å². The summed E-state index contributed by atoms with van der Waals surface area (Å²) in [4.78, 5) is 4.43. The zero-order valence-electron chi connectivity index (χ0n) is 11.8. The van der Waals surface area contributed by atoms with Crippen LogP contribution in [0.1, 0.15) is 17.0 Å². The number of benzene rings is 2. The molecular formula is C17H16N2O2. The van der Waals surface area contributed by atoms with Gasteiger partial charge in [0.15, 0.2) is 5.82 Å². The first-order valence-corrected chi connectivity index (χ1v) is 6.89. The molecule has 3 rings (SSSR count). The van der Waals surface area contributed by atoms with E-state index in [1.807, 2.05) is 25.1 Å². The molecule has 0 unspecified atom stereocenters. The van der Waals surface area contributed by atoms with Gasteiger partial charge >= 0.3 is 0 Å². The highest BCUT2D eigenvalue weighted by Gasteiger charge is 2.11. The SMILES string of the molecule is Cc1cc(O)ccc1-c1nc(CCc2ccccc2)no1. The highest BCUT2D eigenvalue weighted by Crippen LogP contribution is 2.25. The molecule has 2 aromatic carbocycles. The molecule has 1 heterocycles. The Hall–Kier alpha value is -2.62. The van der Waals surface area contributed by atoms with E-state index < -0.39 is 0 Å². The van der Waals surface area contributed by atoms with Crippen molar-refractivity contribution in [2.24, 2.45) is 0 Å². The van der Waals surface area contributed by atoms with E-state index in [-0.39, 0.29) is 5.75 Å². The first kappa shape index (κ1) is 13.4. The molecule has 0 spiro atoms. The maximum atomic E-state index is 9.43. The van der Waals surface area contributed by atoms with Crippen LogP contribution in [0.15, 0.2) is 53.1 Å². The summed E-state index contributed by atoms with van der Waals surface area (Å²) in [6.07, 6.45) is 1.62. The molecule has 1 aromatic heterocycles. The van der Waals surface area contributed by atoms with Crippen LogP contribution in [0.2, 0.25) is 0 Å². The molecule has 0 aliphatic heterocycles. The summed E-state index contributed by atoms with van der Waals surface area (Å²) in [5.41, 5.74) is 3.02. The maximum absolute atomic E-state index is 9.43. The number of aryl methyl sites for hydroxylation is 3. The van der Waals surface area contributed by atoms with Crippen LogP contribution < -0.4 is 0 Å². The Labute approximate surface area is 123 Å². The second-order valence-electron chi connectivity index (χ2n) is 5.00. The number of aromatic hydroxyl groups is 1. The lowest BCUT2D eigenvalue weighted by atomic mass is 10.1. The molecule has 0 saturated carbocycles. The van der Waals surface area contributed by atoms with E-state index in [1.165, 1.54) is 5.56 Å². The molecule has 0 saturated heterocycles. The average Bonchev–Trinajstić information content (AvgIpc) is 2.95. The zero-order chi connectivity index (χ0) is 14.7. The smallest absolute Gasteiger partial charge is 0.258 e. The second-order valence-corrected chi connectivity index (χ2v) is 5.00. The minimum absolute atomic E-state index is 0.236. The lowest BCUT2D eigenvalue weighted by Crippen LogP contribution is -1.93. The summed E-state index contributed by atoms with van der Waals surface area (Å²) in [6, 6.07) is 15.3. The largest absolute Gasteiger partial charge is 0.508 e. The van der Waals surface area contributed by atoms with Gasteiger partial charge in [-0.25, -0.2) is 0 Å². The predicted octanol–water partition coefficient (Wildman–Crippen LogP) is 3.54. The van der Waals surface area contributed by atoms with Crippen LogP contribution in [-0.4, -0.2) is 15.2 Å². The molecule has 0 aliphatic rings. The molecule has 0 fully saturated rings. The minimum atomic E-state index is 0.236. The number of phenols is 1. The standard InChI is InChI=1S/C17H16N2O2/c1-12-11-14(20)8-9-15(12)17-18-16(19-21-17)10-7-13-5-3-2-4-6-13/h2-6,8-9,11,20H,7,10H2,1H3. The van der Waals surface area contributed by atoms with Gasteiger partial charge in [0.05, 0.1) is 0 Å². The van der Waals surface area contributed by atoms with Crippen molar-refractivity contribution < 1.29 is 9.63 Å². The minimum Gasteiger partial charge on any atom is -0.508 e. The summed E-state index contributed by atoms with van der Waals surface area (Å²) in [6.45, 7) is 1.91. The van der Waals surface area contributed by atoms with Crippen molar-refractivity contribution in [2.45, 2.75) is 19.8 Å². The van der Waals surface area contributed by atoms with Crippen LogP contribution in [0.3, 0.4) is 0 Å². The lowest BCUT2D eigenvalue weighted by molar-refractivity contribution is 0.422. The maximum Gasteiger partial charge on any atom is 0.258 e. The van der Waals surface area contributed by atoms with Gasteiger partial charge in [0, 0.05) is 12.0 Å². The lowest BCUT2D eigenvalue weighted by Gasteiger charge is -2.00. The molecule has 21 heavy (non-hydrogen) atoms. The first-order chi connectivity index (χ1) is 10.2. The summed E-state index contributed by atoms with van der Waals surface area (Å²) in [5.74, 6) is 1.43. The van der Waals surface area contributed by atoms with Gasteiger partial charge < -0.3 is 9.63 Å². The van der Waals surface area contributed by atoms with E-state index in [9.17, 15) is 5.11 Å². The topological polar surface area (TPSA) is 59.2 Å². The third-order valence-corrected chi connectivity index (χ3v) is 3.39. The van der Waals surface area contributed by atoms with Gasteiger partial charge in [-0.05, 0) is 42.7 Å². The highest BCUT2D eigenvalue weighted by atomic mass is 16.5. The third-order valence-electron chi connectivity index (χ3n) is 3.39. The fraction of sp³-hybridized carbons (Fsp3) is 0.176. The van der Waals surface area contributed by atoms with Crippen LogP contribution in [-0.2, 0) is 12.8 Å². The van der Waals surface area contributed by atoms with Crippen molar-refractivity contribution in [3.8, 4) is 17.2 Å². The molecule has 0 amide bonds. The quantitative estimate of drug-likeness (QED) is 0.794. The number of hydrogen-bond donors (Lipinski definition) is 1. The second kappa shape index (κ2) is 5.79. The van der Waals surface area contributed by atoms with Gasteiger partial charge in [0.25, 0.3) is 5.89 Å². The number of nitrogens with zero attached hydrogens (tertiary/aromatic N) is 2. The van der Waals surface area contributed by atoms with Gasteiger partial charge in [-0.3, -0.25) is 0 Å². The first-order valence-electron chi connectivity index (χ1n) is 6.89. The average molecular weight is 280 g/mol.